The molecule has 0 radical (unpaired) electrons. The fraction of sp³-hybridized carbons (Fsp3) is 0.250. The molecule has 0 saturated heterocycles. The molecule has 5 rings (SSSR count). The Morgan fingerprint density at radius 1 is 1.04 bits per heavy atom. The largest absolute Gasteiger partial charge is 0.497 e. The monoisotopic (exact) mass is 394 g/mol. The molecule has 0 atom stereocenters. The van der Waals surface area contributed by atoms with E-state index in [4.69, 9.17) is 19.3 Å². The normalized spacial score (nSPS) is 14.5. The lowest BCUT2D eigenvalue weighted by atomic mass is 10.1. The highest BCUT2D eigenvalue weighted by atomic mass is 32.2. The van der Waals surface area contributed by atoms with Crippen LogP contribution in [0.2, 0.25) is 0 Å². The minimum atomic E-state index is 0.288. The molecule has 3 aromatic rings. The summed E-state index contributed by atoms with van der Waals surface area (Å²) in [7, 11) is 1.67. The third-order valence-corrected chi connectivity index (χ3v) is 5.66. The number of rotatable bonds is 5. The second kappa shape index (κ2) is 7.20. The van der Waals surface area contributed by atoms with Crippen LogP contribution in [0, 0.1) is 0 Å². The van der Waals surface area contributed by atoms with Gasteiger partial charge in [-0.3, -0.25) is 0 Å². The van der Waals surface area contributed by atoms with Crippen molar-refractivity contribution in [1.82, 2.24) is 14.9 Å². The van der Waals surface area contributed by atoms with Crippen molar-refractivity contribution in [2.75, 3.05) is 19.7 Å². The van der Waals surface area contributed by atoms with E-state index in [1.807, 2.05) is 41.1 Å². The van der Waals surface area contributed by atoms with Gasteiger partial charge in [-0.25, -0.2) is 0 Å². The summed E-state index contributed by atoms with van der Waals surface area (Å²) >= 11 is 1.65. The minimum Gasteiger partial charge on any atom is -0.497 e. The Labute approximate surface area is 166 Å². The lowest BCUT2D eigenvalue weighted by molar-refractivity contribution is 0.174. The van der Waals surface area contributed by atoms with Crippen LogP contribution in [0.25, 0.3) is 0 Å². The van der Waals surface area contributed by atoms with Crippen LogP contribution in [0.4, 0.5) is 0 Å². The molecule has 0 N–H and O–H groups in total. The van der Waals surface area contributed by atoms with E-state index in [0.29, 0.717) is 0 Å². The SMILES string of the molecule is COc1ccc(C2=Nn3c(CCc4ccc5c(c4)OCO5)nnc3SC2)cc1. The Bertz CT molecular complexity index is 1050. The molecular weight excluding hydrogens is 376 g/mol. The van der Waals surface area contributed by atoms with Crippen LogP contribution in [0.1, 0.15) is 17.0 Å². The van der Waals surface area contributed by atoms with Gasteiger partial charge in [0.15, 0.2) is 17.3 Å². The van der Waals surface area contributed by atoms with Gasteiger partial charge in [0.2, 0.25) is 11.9 Å². The summed E-state index contributed by atoms with van der Waals surface area (Å²) in [6, 6.07) is 14.0. The number of hydrogen-bond donors (Lipinski definition) is 0. The number of methoxy groups -OCH3 is 1. The van der Waals surface area contributed by atoms with Crippen LogP contribution in [0.15, 0.2) is 52.7 Å². The average Bonchev–Trinajstić information content (AvgIpc) is 3.38. The van der Waals surface area contributed by atoms with Crippen molar-refractivity contribution in [3.05, 3.63) is 59.4 Å². The Kier molecular flexibility index (Phi) is 4.40. The highest BCUT2D eigenvalue weighted by Gasteiger charge is 2.20. The molecule has 7 nitrogen and oxygen atoms in total. The van der Waals surface area contributed by atoms with E-state index in [9.17, 15) is 0 Å². The highest BCUT2D eigenvalue weighted by Crippen LogP contribution is 2.33. The number of benzene rings is 2. The first-order chi connectivity index (χ1) is 13.8. The van der Waals surface area contributed by atoms with Crippen molar-refractivity contribution in [1.29, 1.82) is 0 Å². The Morgan fingerprint density at radius 3 is 2.75 bits per heavy atom. The van der Waals surface area contributed by atoms with Crippen LogP contribution in [-0.4, -0.2) is 40.2 Å². The van der Waals surface area contributed by atoms with Crippen LogP contribution in [-0.2, 0) is 12.8 Å². The second-order valence-electron chi connectivity index (χ2n) is 6.46. The Hall–Kier alpha value is -3.00. The number of ether oxygens (including phenoxy) is 3. The first-order valence-electron chi connectivity index (χ1n) is 8.98. The zero-order valence-corrected chi connectivity index (χ0v) is 16.1. The lowest BCUT2D eigenvalue weighted by Gasteiger charge is -2.14. The Morgan fingerprint density at radius 2 is 1.89 bits per heavy atom. The van der Waals surface area contributed by atoms with Gasteiger partial charge in [-0.2, -0.15) is 9.78 Å². The van der Waals surface area contributed by atoms with Gasteiger partial charge >= 0.3 is 0 Å². The molecule has 2 aliphatic rings. The van der Waals surface area contributed by atoms with E-state index in [0.717, 1.165) is 58.1 Å². The smallest absolute Gasteiger partial charge is 0.231 e. The predicted octanol–water partition coefficient (Wildman–Crippen LogP) is 3.16. The molecule has 0 saturated carbocycles. The van der Waals surface area contributed by atoms with E-state index in [2.05, 4.69) is 16.3 Å². The van der Waals surface area contributed by atoms with Crippen molar-refractivity contribution in [3.8, 4) is 17.2 Å². The lowest BCUT2D eigenvalue weighted by Crippen LogP contribution is -2.15. The van der Waals surface area contributed by atoms with Crippen LogP contribution >= 0.6 is 11.8 Å². The zero-order chi connectivity index (χ0) is 18.9. The van der Waals surface area contributed by atoms with E-state index in [-0.39, 0.29) is 6.79 Å². The zero-order valence-electron chi connectivity index (χ0n) is 15.3. The molecule has 0 aliphatic carbocycles. The molecule has 28 heavy (non-hydrogen) atoms. The number of aryl methyl sites for hydroxylation is 2. The molecule has 2 aromatic carbocycles. The van der Waals surface area contributed by atoms with E-state index in [1.165, 1.54) is 5.56 Å². The van der Waals surface area contributed by atoms with Gasteiger partial charge in [0.25, 0.3) is 0 Å². The summed E-state index contributed by atoms with van der Waals surface area (Å²) in [5, 5.41) is 14.3. The number of hydrogen-bond acceptors (Lipinski definition) is 7. The maximum Gasteiger partial charge on any atom is 0.231 e. The standard InChI is InChI=1S/C20H18N4O3S/c1-25-15-6-4-14(5-7-15)16-11-28-20-22-21-19(24(20)23-16)9-3-13-2-8-17-18(10-13)27-12-26-17/h2,4-8,10H,3,9,11-12H2,1H3. The van der Waals surface area contributed by atoms with E-state index >= 15 is 0 Å². The maximum absolute atomic E-state index is 5.46. The van der Waals surface area contributed by atoms with Gasteiger partial charge in [0.05, 0.1) is 12.8 Å². The summed E-state index contributed by atoms with van der Waals surface area (Å²) in [5.41, 5.74) is 3.25. The van der Waals surface area contributed by atoms with Gasteiger partial charge in [-0.15, -0.1) is 10.2 Å². The molecule has 0 fully saturated rings. The highest BCUT2D eigenvalue weighted by molar-refractivity contribution is 7.99. The van der Waals surface area contributed by atoms with E-state index < -0.39 is 0 Å². The fourth-order valence-corrected chi connectivity index (χ4v) is 4.06. The number of fused-ring (bicyclic) bond motifs is 2. The summed E-state index contributed by atoms with van der Waals surface area (Å²) in [4.78, 5) is 0. The van der Waals surface area contributed by atoms with Crippen LogP contribution < -0.4 is 14.2 Å². The molecule has 2 aliphatic heterocycles. The van der Waals surface area contributed by atoms with Gasteiger partial charge < -0.3 is 14.2 Å². The maximum atomic E-state index is 5.46. The van der Waals surface area contributed by atoms with Gasteiger partial charge in [-0.1, -0.05) is 17.8 Å². The topological polar surface area (TPSA) is 70.8 Å². The van der Waals surface area contributed by atoms with Crippen LogP contribution in [0.3, 0.4) is 0 Å². The Balaban J connectivity index is 1.36. The first kappa shape index (κ1) is 17.1. The van der Waals surface area contributed by atoms with Gasteiger partial charge in [0.1, 0.15) is 5.75 Å². The van der Waals surface area contributed by atoms with Crippen molar-refractivity contribution < 1.29 is 14.2 Å². The molecule has 142 valence electrons. The molecule has 1 aromatic heterocycles. The molecule has 3 heterocycles. The van der Waals surface area contributed by atoms with Crippen molar-refractivity contribution in [3.63, 3.8) is 0 Å². The third kappa shape index (κ3) is 3.20. The average molecular weight is 394 g/mol. The fourth-order valence-electron chi connectivity index (χ4n) is 3.20. The molecular formula is C20H18N4O3S. The summed E-state index contributed by atoms with van der Waals surface area (Å²) in [6.45, 7) is 0.288. The number of thioether (sulfide) groups is 1. The quantitative estimate of drug-likeness (QED) is 0.662. The van der Waals surface area contributed by atoms with Crippen LogP contribution in [0.5, 0.6) is 17.2 Å². The number of aromatic nitrogens is 3. The van der Waals surface area contributed by atoms with Gasteiger partial charge in [-0.05, 0) is 53.9 Å². The first-order valence-corrected chi connectivity index (χ1v) is 9.96. The van der Waals surface area contributed by atoms with E-state index in [1.54, 1.807) is 18.9 Å². The molecule has 0 bridgehead atoms. The van der Waals surface area contributed by atoms with Crippen molar-refractivity contribution >= 4 is 17.5 Å². The molecule has 8 heteroatoms. The van der Waals surface area contributed by atoms with Crippen molar-refractivity contribution in [2.24, 2.45) is 5.10 Å². The molecule has 0 unspecified atom stereocenters. The summed E-state index contributed by atoms with van der Waals surface area (Å²) in [6.07, 6.45) is 1.57. The minimum absolute atomic E-state index is 0.288. The summed E-state index contributed by atoms with van der Waals surface area (Å²) in [5.74, 6) is 4.06. The third-order valence-electron chi connectivity index (χ3n) is 4.73. The van der Waals surface area contributed by atoms with Crippen molar-refractivity contribution in [2.45, 2.75) is 18.0 Å². The molecule has 0 amide bonds. The second-order valence-corrected chi connectivity index (χ2v) is 7.40. The molecule has 0 spiro atoms. The van der Waals surface area contributed by atoms with Gasteiger partial charge in [0, 0.05) is 12.2 Å². The predicted molar refractivity (Wildman–Crippen MR) is 106 cm³/mol. The number of nitrogens with zero attached hydrogens (tertiary/aromatic N) is 4. The summed E-state index contributed by atoms with van der Waals surface area (Å²) < 4.78 is 17.9.